The van der Waals surface area contributed by atoms with Gasteiger partial charge in [0.2, 0.25) is 0 Å². The van der Waals surface area contributed by atoms with E-state index in [9.17, 15) is 0 Å². The highest BCUT2D eigenvalue weighted by Crippen LogP contribution is 2.13. The lowest BCUT2D eigenvalue weighted by atomic mass is 10.4. The average Bonchev–Trinajstić information content (AvgIpc) is 2.12. The van der Waals surface area contributed by atoms with Gasteiger partial charge in [-0.3, -0.25) is 0 Å². The Morgan fingerprint density at radius 1 is 1.75 bits per heavy atom. The Morgan fingerprint density at radius 3 is 2.75 bits per heavy atom. The molecule has 1 aromatic rings. The van der Waals surface area contributed by atoms with Crippen molar-refractivity contribution in [1.29, 1.82) is 0 Å². The maximum Gasteiger partial charge on any atom is 0.137 e. The molecule has 0 saturated heterocycles. The molecule has 3 heteroatoms. The molecule has 1 heterocycles. The van der Waals surface area contributed by atoms with Crippen molar-refractivity contribution in [2.75, 3.05) is 0 Å². The van der Waals surface area contributed by atoms with E-state index in [2.05, 4.69) is 0 Å². The summed E-state index contributed by atoms with van der Waals surface area (Å²) in [7, 11) is 0. The number of hydrogen-bond acceptors (Lipinski definition) is 3. The van der Waals surface area contributed by atoms with E-state index in [0.29, 0.717) is 0 Å². The summed E-state index contributed by atoms with van der Waals surface area (Å²) < 4.78 is 0. The molecule has 0 amide bonds. The third-order valence-corrected chi connectivity index (χ3v) is 1.78. The summed E-state index contributed by atoms with van der Waals surface area (Å²) in [4.78, 5) is 0.810. The molecule has 1 aromatic heterocycles. The van der Waals surface area contributed by atoms with Crippen LogP contribution >= 0.6 is 11.3 Å². The molecule has 0 radical (unpaired) electrons. The fourth-order valence-corrected chi connectivity index (χ4v) is 1.07. The van der Waals surface area contributed by atoms with Gasteiger partial charge in [-0.1, -0.05) is 6.07 Å². The fraction of sp³-hybridized carbons (Fsp3) is 0.200. The van der Waals surface area contributed by atoms with E-state index in [-0.39, 0.29) is 0 Å². The minimum absolute atomic E-state index is 0.796. The Hall–Kier alpha value is -0.380. The van der Waals surface area contributed by atoms with E-state index in [1.165, 1.54) is 11.3 Å². The number of rotatable bonds is 1. The van der Waals surface area contributed by atoms with Crippen LogP contribution in [0.1, 0.15) is 11.1 Å². The topological polar surface area (TPSA) is 46.2 Å². The first kappa shape index (κ1) is 5.75. The summed E-state index contributed by atoms with van der Waals surface area (Å²) in [5.41, 5.74) is 5.12. The zero-order valence-corrected chi connectivity index (χ0v) is 5.06. The molecule has 0 aromatic carbocycles. The van der Waals surface area contributed by atoms with Crippen molar-refractivity contribution in [1.82, 2.24) is 0 Å². The monoisotopic (exact) mass is 129 g/mol. The molecule has 0 fully saturated rings. The molecule has 2 nitrogen and oxygen atoms in total. The van der Waals surface area contributed by atoms with Crippen LogP contribution in [0.4, 0.5) is 0 Å². The Morgan fingerprint density at radius 2 is 2.50 bits per heavy atom. The van der Waals surface area contributed by atoms with Crippen molar-refractivity contribution in [3.8, 4) is 0 Å². The van der Waals surface area contributed by atoms with Crippen LogP contribution in [0.5, 0.6) is 0 Å². The molecular formula is C5H7NOS. The number of aliphatic hydroxyl groups excluding tert-OH is 1. The zero-order valence-electron chi connectivity index (χ0n) is 4.24. The first-order chi connectivity index (χ1) is 3.80. The van der Waals surface area contributed by atoms with Gasteiger partial charge in [0.15, 0.2) is 0 Å². The molecule has 0 aliphatic rings. The molecule has 44 valence electrons. The number of hydrogen-bond donors (Lipinski definition) is 2. The van der Waals surface area contributed by atoms with E-state index in [4.69, 9.17) is 10.8 Å². The quantitative estimate of drug-likeness (QED) is 0.548. The van der Waals surface area contributed by atoms with Crippen molar-refractivity contribution in [2.45, 2.75) is 6.23 Å². The largest absolute Gasteiger partial charge is 0.374 e. The summed E-state index contributed by atoms with van der Waals surface area (Å²) in [6.45, 7) is 0. The predicted octanol–water partition coefficient (Wildman–Crippen LogP) is 0.698. The molecule has 1 rings (SSSR count). The highest BCUT2D eigenvalue weighted by atomic mass is 32.1. The highest BCUT2D eigenvalue weighted by molar-refractivity contribution is 7.10. The summed E-state index contributed by atoms with van der Waals surface area (Å²) in [5.74, 6) is 0. The number of thiophene rings is 1. The van der Waals surface area contributed by atoms with Crippen LogP contribution in [0.2, 0.25) is 0 Å². The van der Waals surface area contributed by atoms with E-state index in [1.54, 1.807) is 6.07 Å². The second kappa shape index (κ2) is 2.26. The number of aliphatic hydroxyl groups is 1. The summed E-state index contributed by atoms with van der Waals surface area (Å²) >= 11 is 1.46. The lowest BCUT2D eigenvalue weighted by molar-refractivity contribution is 0.190. The Kier molecular flexibility index (Phi) is 1.62. The van der Waals surface area contributed by atoms with Gasteiger partial charge in [-0.05, 0) is 11.4 Å². The SMILES string of the molecule is NC(O)c1cccs1. The van der Waals surface area contributed by atoms with Crippen molar-refractivity contribution >= 4 is 11.3 Å². The van der Waals surface area contributed by atoms with Crippen LogP contribution in [0.25, 0.3) is 0 Å². The van der Waals surface area contributed by atoms with Crippen LogP contribution in [0.15, 0.2) is 17.5 Å². The van der Waals surface area contributed by atoms with E-state index in [1.807, 2.05) is 11.4 Å². The van der Waals surface area contributed by atoms with E-state index in [0.717, 1.165) is 4.88 Å². The molecule has 3 N–H and O–H groups in total. The maximum absolute atomic E-state index is 8.70. The molecule has 0 bridgehead atoms. The smallest absolute Gasteiger partial charge is 0.137 e. The summed E-state index contributed by atoms with van der Waals surface area (Å²) in [6.07, 6.45) is -0.796. The highest BCUT2D eigenvalue weighted by Gasteiger charge is 1.97. The van der Waals surface area contributed by atoms with Gasteiger partial charge in [-0.25, -0.2) is 0 Å². The van der Waals surface area contributed by atoms with Gasteiger partial charge >= 0.3 is 0 Å². The van der Waals surface area contributed by atoms with Gasteiger partial charge in [0.1, 0.15) is 6.23 Å². The lowest BCUT2D eigenvalue weighted by Gasteiger charge is -1.95. The minimum Gasteiger partial charge on any atom is -0.374 e. The van der Waals surface area contributed by atoms with Crippen LogP contribution < -0.4 is 5.73 Å². The molecule has 0 spiro atoms. The van der Waals surface area contributed by atoms with Crippen molar-refractivity contribution in [2.24, 2.45) is 5.73 Å². The second-order valence-corrected chi connectivity index (χ2v) is 2.44. The van der Waals surface area contributed by atoms with Gasteiger partial charge in [-0.2, -0.15) is 0 Å². The maximum atomic E-state index is 8.70. The van der Waals surface area contributed by atoms with Crippen molar-refractivity contribution in [3.05, 3.63) is 22.4 Å². The van der Waals surface area contributed by atoms with Gasteiger partial charge < -0.3 is 10.8 Å². The number of nitrogens with two attached hydrogens (primary N) is 1. The fourth-order valence-electron chi connectivity index (χ4n) is 0.460. The molecule has 1 atom stereocenters. The third kappa shape index (κ3) is 1.06. The average molecular weight is 129 g/mol. The minimum atomic E-state index is -0.796. The van der Waals surface area contributed by atoms with Crippen LogP contribution in [-0.4, -0.2) is 5.11 Å². The van der Waals surface area contributed by atoms with Gasteiger partial charge in [0.05, 0.1) is 0 Å². The third-order valence-electron chi connectivity index (χ3n) is 0.835. The Balaban J connectivity index is 2.77. The summed E-state index contributed by atoms with van der Waals surface area (Å²) in [5, 5.41) is 10.6. The molecule has 8 heavy (non-hydrogen) atoms. The molecular weight excluding hydrogens is 122 g/mol. The molecule has 1 unspecified atom stereocenters. The van der Waals surface area contributed by atoms with Gasteiger partial charge in [0.25, 0.3) is 0 Å². The normalized spacial score (nSPS) is 13.8. The summed E-state index contributed by atoms with van der Waals surface area (Å²) in [6, 6.07) is 3.66. The van der Waals surface area contributed by atoms with Crippen LogP contribution in [0, 0.1) is 0 Å². The Bertz CT molecular complexity index is 147. The van der Waals surface area contributed by atoms with Crippen molar-refractivity contribution in [3.63, 3.8) is 0 Å². The van der Waals surface area contributed by atoms with E-state index < -0.39 is 6.23 Å². The van der Waals surface area contributed by atoms with E-state index >= 15 is 0 Å². The van der Waals surface area contributed by atoms with Crippen LogP contribution in [0.3, 0.4) is 0 Å². The first-order valence-corrected chi connectivity index (χ1v) is 3.16. The predicted molar refractivity (Wildman–Crippen MR) is 33.5 cm³/mol. The molecule has 0 saturated carbocycles. The molecule has 0 aliphatic carbocycles. The van der Waals surface area contributed by atoms with Gasteiger partial charge in [-0.15, -0.1) is 11.3 Å². The van der Waals surface area contributed by atoms with Crippen LogP contribution in [-0.2, 0) is 0 Å². The molecule has 0 aliphatic heterocycles. The van der Waals surface area contributed by atoms with Gasteiger partial charge in [0, 0.05) is 4.88 Å². The first-order valence-electron chi connectivity index (χ1n) is 2.28. The Labute approximate surface area is 51.6 Å². The lowest BCUT2D eigenvalue weighted by Crippen LogP contribution is -2.05. The second-order valence-electron chi connectivity index (χ2n) is 1.46. The van der Waals surface area contributed by atoms with Crippen molar-refractivity contribution < 1.29 is 5.11 Å². The zero-order chi connectivity index (χ0) is 5.98. The standard InChI is InChI=1S/C5H7NOS/c6-5(7)4-2-1-3-8-4/h1-3,5,7H,6H2.